The number of aromatic nitrogens is 1. The second-order valence-electron chi connectivity index (χ2n) is 8.59. The van der Waals surface area contributed by atoms with Gasteiger partial charge in [0.2, 0.25) is 0 Å². The minimum Gasteiger partial charge on any atom is -0.481 e. The Kier molecular flexibility index (Phi) is 10.7. The van der Waals surface area contributed by atoms with Crippen LogP contribution in [0.2, 0.25) is 0 Å². The van der Waals surface area contributed by atoms with E-state index in [1.54, 1.807) is 0 Å². The predicted octanol–water partition coefficient (Wildman–Crippen LogP) is 7.31. The molecule has 30 heavy (non-hydrogen) atoms. The van der Waals surface area contributed by atoms with E-state index in [4.69, 9.17) is 5.11 Å². The van der Waals surface area contributed by atoms with Gasteiger partial charge in [-0.15, -0.1) is 0 Å². The Bertz CT molecular complexity index is 785. The summed E-state index contributed by atoms with van der Waals surface area (Å²) in [5, 5.41) is 9.90. The van der Waals surface area contributed by atoms with E-state index in [9.17, 15) is 9.59 Å². The average Bonchev–Trinajstić information content (AvgIpc) is 3.10. The smallest absolute Gasteiger partial charge is 0.303 e. The number of hydrogen-bond donors (Lipinski definition) is 2. The van der Waals surface area contributed by atoms with Gasteiger partial charge in [-0.1, -0.05) is 83.4 Å². The van der Waals surface area contributed by atoms with Crippen LogP contribution in [0.4, 0.5) is 0 Å². The Labute approximate surface area is 181 Å². The number of rotatable bonds is 16. The molecule has 0 radical (unpaired) electrons. The van der Waals surface area contributed by atoms with Crippen molar-refractivity contribution in [3.05, 3.63) is 35.5 Å². The van der Waals surface area contributed by atoms with Gasteiger partial charge in [-0.05, 0) is 31.2 Å². The van der Waals surface area contributed by atoms with Crippen LogP contribution in [0.25, 0.3) is 10.9 Å². The summed E-state index contributed by atoms with van der Waals surface area (Å²) in [7, 11) is 0. The van der Waals surface area contributed by atoms with Gasteiger partial charge in [-0.25, -0.2) is 0 Å². The Morgan fingerprint density at radius 1 is 0.900 bits per heavy atom. The molecule has 0 aliphatic rings. The number of fused-ring (bicyclic) bond motifs is 1. The monoisotopic (exact) mass is 413 g/mol. The van der Waals surface area contributed by atoms with Gasteiger partial charge < -0.3 is 10.1 Å². The summed E-state index contributed by atoms with van der Waals surface area (Å²) in [6.45, 7) is 4.51. The first-order valence-electron chi connectivity index (χ1n) is 11.9. The fourth-order valence-electron chi connectivity index (χ4n) is 4.38. The zero-order valence-electron chi connectivity index (χ0n) is 18.8. The summed E-state index contributed by atoms with van der Waals surface area (Å²) in [5.74, 6) is 0.204. The van der Waals surface area contributed by atoms with Crippen molar-refractivity contribution in [2.24, 2.45) is 5.92 Å². The van der Waals surface area contributed by atoms with Crippen LogP contribution in [0.1, 0.15) is 107 Å². The molecule has 4 nitrogen and oxygen atoms in total. The molecule has 2 N–H and O–H groups in total. The van der Waals surface area contributed by atoms with Crippen LogP contribution in [0, 0.1) is 5.92 Å². The van der Waals surface area contributed by atoms with E-state index < -0.39 is 5.97 Å². The third-order valence-corrected chi connectivity index (χ3v) is 6.08. The lowest BCUT2D eigenvalue weighted by atomic mass is 9.90. The van der Waals surface area contributed by atoms with Gasteiger partial charge in [0, 0.05) is 35.0 Å². The third kappa shape index (κ3) is 7.62. The molecule has 0 unspecified atom stereocenters. The number of benzene rings is 1. The number of unbranched alkanes of at least 4 members (excludes halogenated alkanes) is 3. The number of carboxylic acids is 1. The lowest BCUT2D eigenvalue weighted by molar-refractivity contribution is -0.137. The number of aryl methyl sites for hydroxylation is 1. The molecule has 0 bridgehead atoms. The van der Waals surface area contributed by atoms with E-state index >= 15 is 0 Å². The van der Waals surface area contributed by atoms with Gasteiger partial charge in [0.1, 0.15) is 0 Å². The fourth-order valence-corrected chi connectivity index (χ4v) is 4.38. The second-order valence-corrected chi connectivity index (χ2v) is 8.59. The van der Waals surface area contributed by atoms with Gasteiger partial charge in [-0.2, -0.15) is 0 Å². The van der Waals surface area contributed by atoms with E-state index in [1.807, 2.05) is 24.3 Å². The minimum atomic E-state index is -0.792. The van der Waals surface area contributed by atoms with Crippen molar-refractivity contribution in [2.45, 2.75) is 97.3 Å². The maximum atomic E-state index is 13.1. The summed E-state index contributed by atoms with van der Waals surface area (Å²) in [5.41, 5.74) is 2.64. The fraction of sp³-hybridized carbons (Fsp3) is 0.615. The maximum Gasteiger partial charge on any atom is 0.303 e. The van der Waals surface area contributed by atoms with Gasteiger partial charge in [0.25, 0.3) is 0 Å². The Hall–Kier alpha value is -2.10. The van der Waals surface area contributed by atoms with E-state index in [0.717, 1.165) is 40.9 Å². The Balaban J connectivity index is 1.95. The zero-order valence-corrected chi connectivity index (χ0v) is 18.8. The molecule has 0 aliphatic heterocycles. The molecular weight excluding hydrogens is 374 g/mol. The number of carbonyl (C=O) groups is 2. The van der Waals surface area contributed by atoms with E-state index in [-0.39, 0.29) is 12.2 Å². The lowest BCUT2D eigenvalue weighted by Crippen LogP contribution is -2.05. The van der Waals surface area contributed by atoms with Crippen LogP contribution < -0.4 is 0 Å². The van der Waals surface area contributed by atoms with Gasteiger partial charge >= 0.3 is 5.97 Å². The summed E-state index contributed by atoms with van der Waals surface area (Å²) < 4.78 is 0. The summed E-state index contributed by atoms with van der Waals surface area (Å²) >= 11 is 0. The molecule has 1 aromatic carbocycles. The quantitative estimate of drug-likeness (QED) is 0.224. The van der Waals surface area contributed by atoms with Crippen molar-refractivity contribution in [1.29, 1.82) is 0 Å². The molecule has 1 aromatic heterocycles. The number of H-pyrrole nitrogens is 1. The second kappa shape index (κ2) is 13.3. The van der Waals surface area contributed by atoms with E-state index in [1.165, 1.54) is 44.9 Å². The SMILES string of the molecule is CCCCC(CCCC)CCCCC(=O)c1c(CCCC(=O)O)[nH]c2ccccc12. The lowest BCUT2D eigenvalue weighted by Gasteiger charge is -2.16. The highest BCUT2D eigenvalue weighted by Gasteiger charge is 2.18. The molecule has 2 aromatic rings. The van der Waals surface area contributed by atoms with Crippen molar-refractivity contribution < 1.29 is 14.7 Å². The molecule has 0 amide bonds. The van der Waals surface area contributed by atoms with Gasteiger partial charge in [0.15, 0.2) is 5.78 Å². The van der Waals surface area contributed by atoms with Crippen molar-refractivity contribution in [3.63, 3.8) is 0 Å². The van der Waals surface area contributed by atoms with Crippen LogP contribution in [0.5, 0.6) is 0 Å². The van der Waals surface area contributed by atoms with Crippen LogP contribution >= 0.6 is 0 Å². The molecule has 0 aliphatic carbocycles. The van der Waals surface area contributed by atoms with Crippen LogP contribution in [-0.4, -0.2) is 21.8 Å². The topological polar surface area (TPSA) is 70.2 Å². The molecule has 0 saturated heterocycles. The number of carbonyl (C=O) groups excluding carboxylic acids is 1. The highest BCUT2D eigenvalue weighted by molar-refractivity contribution is 6.09. The number of ketones is 1. The van der Waals surface area contributed by atoms with Gasteiger partial charge in [-0.3, -0.25) is 9.59 Å². The average molecular weight is 414 g/mol. The number of nitrogens with one attached hydrogen (secondary N) is 1. The molecule has 0 atom stereocenters. The number of para-hydroxylation sites is 1. The standard InChI is InChI=1S/C26H39NO3/c1-3-5-12-20(13-6-4-2)14-7-10-18-24(28)26-21-15-8-9-16-22(21)27-23(26)17-11-19-25(29)30/h8-9,15-16,20,27H,3-7,10-14,17-19H2,1-2H3,(H,29,30). The first-order chi connectivity index (χ1) is 14.6. The number of carboxylic acid groups (broad SMARTS) is 1. The van der Waals surface area contributed by atoms with E-state index in [0.29, 0.717) is 19.3 Å². The van der Waals surface area contributed by atoms with Crippen molar-refractivity contribution in [2.75, 3.05) is 0 Å². The third-order valence-electron chi connectivity index (χ3n) is 6.08. The molecule has 2 rings (SSSR count). The highest BCUT2D eigenvalue weighted by Crippen LogP contribution is 2.27. The first-order valence-corrected chi connectivity index (χ1v) is 11.9. The van der Waals surface area contributed by atoms with Crippen LogP contribution in [-0.2, 0) is 11.2 Å². The molecule has 1 heterocycles. The highest BCUT2D eigenvalue weighted by atomic mass is 16.4. The van der Waals surface area contributed by atoms with Crippen LogP contribution in [0.3, 0.4) is 0 Å². The molecule has 4 heteroatoms. The molecule has 166 valence electrons. The minimum absolute atomic E-state index is 0.125. The number of aliphatic carboxylic acids is 1. The first kappa shape index (κ1) is 24.2. The zero-order chi connectivity index (χ0) is 21.8. The summed E-state index contributed by atoms with van der Waals surface area (Å²) in [6.07, 6.45) is 12.9. The Morgan fingerprint density at radius 2 is 1.57 bits per heavy atom. The number of aromatic amines is 1. The number of Topliss-reactive ketones (excluding diaryl/α,β-unsaturated/α-hetero) is 1. The normalized spacial score (nSPS) is 11.4. The molecule has 0 spiro atoms. The Morgan fingerprint density at radius 3 is 2.23 bits per heavy atom. The molecule has 0 saturated carbocycles. The summed E-state index contributed by atoms with van der Waals surface area (Å²) in [4.78, 5) is 27.3. The van der Waals surface area contributed by atoms with Crippen molar-refractivity contribution in [3.8, 4) is 0 Å². The maximum absolute atomic E-state index is 13.1. The largest absolute Gasteiger partial charge is 0.481 e. The van der Waals surface area contributed by atoms with Crippen molar-refractivity contribution in [1.82, 2.24) is 4.98 Å². The van der Waals surface area contributed by atoms with Gasteiger partial charge in [0.05, 0.1) is 0 Å². The molecule has 0 fully saturated rings. The summed E-state index contributed by atoms with van der Waals surface area (Å²) in [6, 6.07) is 7.89. The van der Waals surface area contributed by atoms with E-state index in [2.05, 4.69) is 18.8 Å². The molecular formula is C26H39NO3. The number of hydrogen-bond acceptors (Lipinski definition) is 2. The van der Waals surface area contributed by atoms with Crippen molar-refractivity contribution >= 4 is 22.7 Å². The predicted molar refractivity (Wildman–Crippen MR) is 124 cm³/mol. The van der Waals surface area contributed by atoms with Crippen LogP contribution in [0.15, 0.2) is 24.3 Å².